The van der Waals surface area contributed by atoms with Crippen molar-refractivity contribution >= 4 is 5.78 Å². The number of allylic oxidation sites excluding steroid dienone is 2. The Labute approximate surface area is 146 Å². The summed E-state index contributed by atoms with van der Waals surface area (Å²) in [7, 11) is 4.65. The van der Waals surface area contributed by atoms with Gasteiger partial charge in [0.1, 0.15) is 6.04 Å². The summed E-state index contributed by atoms with van der Waals surface area (Å²) in [4.78, 5) is 12.4. The number of benzene rings is 1. The minimum absolute atomic E-state index is 0.0612. The number of hydrogen-bond donors (Lipinski definition) is 1. The zero-order chi connectivity index (χ0) is 18.0. The van der Waals surface area contributed by atoms with Crippen LogP contribution in [-0.4, -0.2) is 49.4 Å². The van der Waals surface area contributed by atoms with E-state index < -0.39 is 10.1 Å². The molecular formula is C19H21NO5. The van der Waals surface area contributed by atoms with Gasteiger partial charge in [0.05, 0.1) is 33.2 Å². The molecule has 6 heteroatoms. The Hall–Kier alpha value is -2.31. The standard InChI is InChI=1S/C19H21NO5/c1-20(23)5-4-19-10-18(25-3)16(22)8-13(19)14(20)6-11-7-15(21)17(24-2)9-12(11)19/h7-10,14,21H,4-6H2,1-3H3/t14-,19-,20-/m0/s1. The summed E-state index contributed by atoms with van der Waals surface area (Å²) in [5.74, 6) is 0.546. The molecule has 0 aromatic heterocycles. The van der Waals surface area contributed by atoms with Gasteiger partial charge in [-0.3, -0.25) is 4.79 Å². The predicted molar refractivity (Wildman–Crippen MR) is 91.0 cm³/mol. The average Bonchev–Trinajstić information content (AvgIpc) is 2.57. The molecule has 1 aliphatic heterocycles. The van der Waals surface area contributed by atoms with Gasteiger partial charge in [0.25, 0.3) is 0 Å². The maximum atomic E-state index is 13.0. The van der Waals surface area contributed by atoms with E-state index in [0.29, 0.717) is 30.9 Å². The molecule has 0 amide bonds. The lowest BCUT2D eigenvalue weighted by Gasteiger charge is -2.58. The number of aromatic hydroxyl groups is 1. The lowest BCUT2D eigenvalue weighted by Crippen LogP contribution is -2.61. The van der Waals surface area contributed by atoms with Crippen LogP contribution in [0.25, 0.3) is 0 Å². The predicted octanol–water partition coefficient (Wildman–Crippen LogP) is 1.95. The molecule has 6 nitrogen and oxygen atoms in total. The molecular weight excluding hydrogens is 322 g/mol. The second-order valence-electron chi connectivity index (χ2n) is 7.20. The van der Waals surface area contributed by atoms with E-state index in [1.807, 2.05) is 12.1 Å². The van der Waals surface area contributed by atoms with Crippen molar-refractivity contribution < 1.29 is 24.0 Å². The first-order chi connectivity index (χ1) is 11.8. The molecule has 2 bridgehead atoms. The van der Waals surface area contributed by atoms with Crippen LogP contribution >= 0.6 is 0 Å². The van der Waals surface area contributed by atoms with Crippen molar-refractivity contribution in [2.75, 3.05) is 27.8 Å². The molecule has 0 unspecified atom stereocenters. The number of carbonyl (C=O) groups excluding carboxylic acids is 1. The maximum Gasteiger partial charge on any atom is 0.220 e. The molecule has 2 aliphatic carbocycles. The number of fused-ring (bicyclic) bond motifs is 1. The van der Waals surface area contributed by atoms with Gasteiger partial charge < -0.3 is 24.4 Å². The van der Waals surface area contributed by atoms with Crippen molar-refractivity contribution in [3.05, 3.63) is 52.0 Å². The summed E-state index contributed by atoms with van der Waals surface area (Å²) in [5, 5.41) is 23.2. The van der Waals surface area contributed by atoms with Gasteiger partial charge in [-0.2, -0.15) is 0 Å². The highest BCUT2D eigenvalue weighted by atomic mass is 16.5. The van der Waals surface area contributed by atoms with Crippen LogP contribution in [0.4, 0.5) is 0 Å². The molecule has 1 saturated heterocycles. The summed E-state index contributed by atoms with van der Waals surface area (Å²) in [5.41, 5.74) is 2.19. The van der Waals surface area contributed by atoms with Crippen LogP contribution in [0.5, 0.6) is 11.5 Å². The van der Waals surface area contributed by atoms with Crippen LogP contribution < -0.4 is 4.74 Å². The van der Waals surface area contributed by atoms with E-state index in [1.54, 1.807) is 19.2 Å². The molecule has 132 valence electrons. The number of likely N-dealkylation sites (tertiary alicyclic amines) is 1. The fraction of sp³-hybridized carbons (Fsp3) is 0.421. The third-order valence-electron chi connectivity index (χ3n) is 5.91. The number of methoxy groups -OCH3 is 2. The second-order valence-corrected chi connectivity index (χ2v) is 7.20. The molecule has 3 atom stereocenters. The van der Waals surface area contributed by atoms with Gasteiger partial charge in [-0.1, -0.05) is 0 Å². The van der Waals surface area contributed by atoms with Gasteiger partial charge in [-0.05, 0) is 35.4 Å². The van der Waals surface area contributed by atoms with E-state index in [-0.39, 0.29) is 17.6 Å². The molecule has 1 N–H and O–H groups in total. The smallest absolute Gasteiger partial charge is 0.220 e. The molecule has 1 fully saturated rings. The van der Waals surface area contributed by atoms with Gasteiger partial charge in [-0.15, -0.1) is 0 Å². The van der Waals surface area contributed by atoms with Crippen LogP contribution in [-0.2, 0) is 21.4 Å². The first kappa shape index (κ1) is 16.2. The van der Waals surface area contributed by atoms with Gasteiger partial charge in [0.15, 0.2) is 17.3 Å². The average molecular weight is 343 g/mol. The molecule has 0 saturated carbocycles. The number of hydroxylamine groups is 3. The minimum Gasteiger partial charge on any atom is -0.633 e. The van der Waals surface area contributed by atoms with Crippen LogP contribution in [0.3, 0.4) is 0 Å². The zero-order valence-corrected chi connectivity index (χ0v) is 14.5. The van der Waals surface area contributed by atoms with Crippen LogP contribution in [0, 0.1) is 5.21 Å². The van der Waals surface area contributed by atoms with E-state index >= 15 is 0 Å². The number of phenols is 1. The summed E-state index contributed by atoms with van der Waals surface area (Å²) in [6.07, 6.45) is 4.50. The Bertz CT molecular complexity index is 838. The third kappa shape index (κ3) is 2.07. The molecule has 3 aliphatic rings. The van der Waals surface area contributed by atoms with Crippen molar-refractivity contribution in [1.82, 2.24) is 0 Å². The van der Waals surface area contributed by atoms with Crippen molar-refractivity contribution in [2.45, 2.75) is 24.3 Å². The number of rotatable bonds is 2. The molecule has 4 rings (SSSR count). The van der Waals surface area contributed by atoms with Crippen molar-refractivity contribution in [3.8, 4) is 11.5 Å². The maximum absolute atomic E-state index is 13.0. The van der Waals surface area contributed by atoms with E-state index in [9.17, 15) is 15.1 Å². The number of nitrogens with zero attached hydrogens (tertiary/aromatic N) is 1. The number of quaternary nitrogens is 1. The normalized spacial score (nSPS) is 33.0. The van der Waals surface area contributed by atoms with E-state index in [1.165, 1.54) is 14.2 Å². The number of carbonyl (C=O) groups is 1. The van der Waals surface area contributed by atoms with Crippen LogP contribution in [0.1, 0.15) is 17.5 Å². The fourth-order valence-corrected chi connectivity index (χ4v) is 4.58. The first-order valence-corrected chi connectivity index (χ1v) is 8.32. The van der Waals surface area contributed by atoms with Crippen molar-refractivity contribution in [3.63, 3.8) is 0 Å². The van der Waals surface area contributed by atoms with Gasteiger partial charge >= 0.3 is 0 Å². The minimum atomic E-state index is -0.555. The summed E-state index contributed by atoms with van der Waals surface area (Å²) in [6, 6.07) is 3.17. The second kappa shape index (κ2) is 5.09. The van der Waals surface area contributed by atoms with Gasteiger partial charge in [0, 0.05) is 18.4 Å². The SMILES string of the molecule is COC1=C[C@@]23CC[N@+](C)([O-])[C@@H](Cc4cc(O)c(OC)cc42)C3=CC1=O. The fourth-order valence-electron chi connectivity index (χ4n) is 4.58. The Morgan fingerprint density at radius 3 is 2.76 bits per heavy atom. The van der Waals surface area contributed by atoms with Gasteiger partial charge in [-0.25, -0.2) is 0 Å². The topological polar surface area (TPSA) is 78.8 Å². The first-order valence-electron chi connectivity index (χ1n) is 8.32. The van der Waals surface area contributed by atoms with E-state index in [4.69, 9.17) is 9.47 Å². The number of ketones is 1. The lowest BCUT2D eigenvalue weighted by molar-refractivity contribution is -0.886. The van der Waals surface area contributed by atoms with Crippen molar-refractivity contribution in [2.24, 2.45) is 0 Å². The zero-order valence-electron chi connectivity index (χ0n) is 14.5. The molecule has 1 heterocycles. The summed E-state index contributed by atoms with van der Waals surface area (Å²) in [6.45, 7) is 0.451. The summed E-state index contributed by atoms with van der Waals surface area (Å²) >= 11 is 0. The third-order valence-corrected chi connectivity index (χ3v) is 5.91. The number of ether oxygens (including phenoxy) is 2. The quantitative estimate of drug-likeness (QED) is 0.656. The van der Waals surface area contributed by atoms with Crippen molar-refractivity contribution in [1.29, 1.82) is 0 Å². The highest BCUT2D eigenvalue weighted by Gasteiger charge is 2.54. The van der Waals surface area contributed by atoms with Gasteiger partial charge in [0.2, 0.25) is 5.78 Å². The number of phenolic OH excluding ortho intramolecular Hbond substituents is 1. The Morgan fingerprint density at radius 1 is 1.32 bits per heavy atom. The monoisotopic (exact) mass is 343 g/mol. The largest absolute Gasteiger partial charge is 0.633 e. The van der Waals surface area contributed by atoms with Crippen LogP contribution in [0.15, 0.2) is 35.6 Å². The molecule has 0 radical (unpaired) electrons. The van der Waals surface area contributed by atoms with E-state index in [0.717, 1.165) is 16.7 Å². The number of hydrogen-bond acceptors (Lipinski definition) is 5. The molecule has 1 aromatic carbocycles. The van der Waals surface area contributed by atoms with Crippen LogP contribution in [0.2, 0.25) is 0 Å². The molecule has 25 heavy (non-hydrogen) atoms. The number of likely N-dealkylation sites (N-methyl/N-ethyl adjacent to an activating group) is 1. The highest BCUT2D eigenvalue weighted by Crippen LogP contribution is 2.54. The number of piperidine rings is 1. The van der Waals surface area contributed by atoms with E-state index in [2.05, 4.69) is 0 Å². The Balaban J connectivity index is 2.02. The Kier molecular flexibility index (Phi) is 3.30. The summed E-state index contributed by atoms with van der Waals surface area (Å²) < 4.78 is 10.2. The Morgan fingerprint density at radius 2 is 2.08 bits per heavy atom. The molecule has 1 aromatic rings. The lowest BCUT2D eigenvalue weighted by atomic mass is 9.58. The highest BCUT2D eigenvalue weighted by molar-refractivity contribution is 6.05. The molecule has 0 spiro atoms.